The third-order valence-electron chi connectivity index (χ3n) is 3.62. The van der Waals surface area contributed by atoms with Crippen LogP contribution in [-0.4, -0.2) is 16.9 Å². The molecule has 0 unspecified atom stereocenters. The standard InChI is InChI=1S/C16H18N4O/c17-12-3-1-2-11(8-12)10-20(13-4-5-13)14-6-7-19-15(9-14)16(18)21/h1-3,6-9,13H,4-5,10,17H2,(H2,18,21). The highest BCUT2D eigenvalue weighted by Gasteiger charge is 2.29. The molecule has 1 amide bonds. The lowest BCUT2D eigenvalue weighted by Crippen LogP contribution is -2.25. The molecule has 0 aliphatic heterocycles. The summed E-state index contributed by atoms with van der Waals surface area (Å²) in [7, 11) is 0. The van der Waals surface area contributed by atoms with Gasteiger partial charge in [0, 0.05) is 30.2 Å². The average Bonchev–Trinajstić information content (AvgIpc) is 3.29. The number of nitrogens with two attached hydrogens (primary N) is 2. The highest BCUT2D eigenvalue weighted by molar-refractivity contribution is 5.91. The molecule has 1 aromatic carbocycles. The molecule has 0 radical (unpaired) electrons. The van der Waals surface area contributed by atoms with Crippen molar-refractivity contribution in [3.05, 3.63) is 53.9 Å². The van der Waals surface area contributed by atoms with E-state index in [4.69, 9.17) is 11.5 Å². The lowest BCUT2D eigenvalue weighted by molar-refractivity contribution is 0.0995. The minimum absolute atomic E-state index is 0.297. The number of primary amides is 1. The van der Waals surface area contributed by atoms with Crippen LogP contribution in [-0.2, 0) is 6.54 Å². The zero-order valence-corrected chi connectivity index (χ0v) is 11.7. The zero-order valence-electron chi connectivity index (χ0n) is 11.7. The van der Waals surface area contributed by atoms with Gasteiger partial charge < -0.3 is 16.4 Å². The van der Waals surface area contributed by atoms with E-state index in [-0.39, 0.29) is 0 Å². The van der Waals surface area contributed by atoms with Crippen molar-refractivity contribution in [2.24, 2.45) is 5.73 Å². The summed E-state index contributed by atoms with van der Waals surface area (Å²) in [5, 5.41) is 0. The van der Waals surface area contributed by atoms with E-state index >= 15 is 0 Å². The summed E-state index contributed by atoms with van der Waals surface area (Å²) in [4.78, 5) is 17.6. The monoisotopic (exact) mass is 282 g/mol. The molecular formula is C16H18N4O. The Morgan fingerprint density at radius 3 is 2.76 bits per heavy atom. The highest BCUT2D eigenvalue weighted by Crippen LogP contribution is 2.33. The molecule has 4 N–H and O–H groups in total. The van der Waals surface area contributed by atoms with E-state index in [0.717, 1.165) is 36.3 Å². The van der Waals surface area contributed by atoms with Crippen LogP contribution in [0.5, 0.6) is 0 Å². The summed E-state index contributed by atoms with van der Waals surface area (Å²) in [6.45, 7) is 0.762. The summed E-state index contributed by atoms with van der Waals surface area (Å²) >= 11 is 0. The summed E-state index contributed by atoms with van der Waals surface area (Å²) in [5.74, 6) is -0.503. The number of hydrogen-bond donors (Lipinski definition) is 2. The van der Waals surface area contributed by atoms with Gasteiger partial charge in [-0.3, -0.25) is 9.78 Å². The first-order valence-corrected chi connectivity index (χ1v) is 7.00. The molecule has 108 valence electrons. The van der Waals surface area contributed by atoms with E-state index in [2.05, 4.69) is 16.0 Å². The molecule has 1 heterocycles. The molecular weight excluding hydrogens is 264 g/mol. The van der Waals surface area contributed by atoms with Gasteiger partial charge in [0.25, 0.3) is 5.91 Å². The fourth-order valence-electron chi connectivity index (χ4n) is 2.44. The van der Waals surface area contributed by atoms with Crippen LogP contribution in [0.3, 0.4) is 0 Å². The molecule has 3 rings (SSSR count). The minimum atomic E-state index is -0.503. The van der Waals surface area contributed by atoms with Crippen molar-refractivity contribution >= 4 is 17.3 Å². The Kier molecular flexibility index (Phi) is 3.48. The van der Waals surface area contributed by atoms with Gasteiger partial charge in [0.1, 0.15) is 5.69 Å². The second-order valence-electron chi connectivity index (χ2n) is 5.37. The Hall–Kier alpha value is -2.56. The maximum atomic E-state index is 11.3. The maximum Gasteiger partial charge on any atom is 0.267 e. The van der Waals surface area contributed by atoms with Crippen LogP contribution in [0.4, 0.5) is 11.4 Å². The SMILES string of the molecule is NC(=O)c1cc(N(Cc2cccc(N)c2)C2CC2)ccn1. The van der Waals surface area contributed by atoms with Crippen molar-refractivity contribution in [1.82, 2.24) is 4.98 Å². The van der Waals surface area contributed by atoms with Crippen molar-refractivity contribution < 1.29 is 4.79 Å². The molecule has 1 aliphatic carbocycles. The van der Waals surface area contributed by atoms with Gasteiger partial charge >= 0.3 is 0 Å². The summed E-state index contributed by atoms with van der Waals surface area (Å²) in [5.41, 5.74) is 14.3. The van der Waals surface area contributed by atoms with Crippen LogP contribution in [0.15, 0.2) is 42.6 Å². The molecule has 0 bridgehead atoms. The number of amides is 1. The summed E-state index contributed by atoms with van der Waals surface area (Å²) < 4.78 is 0. The molecule has 0 saturated heterocycles. The number of pyridine rings is 1. The molecule has 1 aliphatic rings. The molecule has 0 spiro atoms. The van der Waals surface area contributed by atoms with Gasteiger partial charge in [-0.15, -0.1) is 0 Å². The van der Waals surface area contributed by atoms with Gasteiger partial charge in [-0.1, -0.05) is 12.1 Å². The Morgan fingerprint density at radius 1 is 1.29 bits per heavy atom. The van der Waals surface area contributed by atoms with E-state index in [9.17, 15) is 4.79 Å². The topological polar surface area (TPSA) is 85.2 Å². The number of aromatic nitrogens is 1. The van der Waals surface area contributed by atoms with Gasteiger partial charge in [-0.05, 0) is 42.7 Å². The molecule has 21 heavy (non-hydrogen) atoms. The second-order valence-corrected chi connectivity index (χ2v) is 5.37. The van der Waals surface area contributed by atoms with Crippen molar-refractivity contribution in [1.29, 1.82) is 0 Å². The van der Waals surface area contributed by atoms with Crippen LogP contribution in [0.2, 0.25) is 0 Å². The number of anilines is 2. The summed E-state index contributed by atoms with van der Waals surface area (Å²) in [6.07, 6.45) is 3.96. The van der Waals surface area contributed by atoms with Crippen LogP contribution in [0.25, 0.3) is 0 Å². The summed E-state index contributed by atoms with van der Waals surface area (Å²) in [6, 6.07) is 12.0. The lowest BCUT2D eigenvalue weighted by atomic mass is 10.1. The first kappa shape index (κ1) is 13.4. The van der Waals surface area contributed by atoms with Crippen LogP contribution in [0, 0.1) is 0 Å². The van der Waals surface area contributed by atoms with Crippen molar-refractivity contribution in [3.63, 3.8) is 0 Å². The highest BCUT2D eigenvalue weighted by atomic mass is 16.1. The predicted molar refractivity (Wildman–Crippen MR) is 82.8 cm³/mol. The third-order valence-corrected chi connectivity index (χ3v) is 3.62. The van der Waals surface area contributed by atoms with E-state index in [1.54, 1.807) is 12.3 Å². The normalized spacial score (nSPS) is 13.9. The number of carbonyl (C=O) groups is 1. The van der Waals surface area contributed by atoms with E-state index in [1.807, 2.05) is 24.3 Å². The lowest BCUT2D eigenvalue weighted by Gasteiger charge is -2.25. The fraction of sp³-hybridized carbons (Fsp3) is 0.250. The largest absolute Gasteiger partial charge is 0.399 e. The van der Waals surface area contributed by atoms with Gasteiger partial charge in [-0.2, -0.15) is 0 Å². The molecule has 5 heteroatoms. The minimum Gasteiger partial charge on any atom is -0.399 e. The van der Waals surface area contributed by atoms with E-state index < -0.39 is 5.91 Å². The Morgan fingerprint density at radius 2 is 2.10 bits per heavy atom. The number of carbonyl (C=O) groups excluding carboxylic acids is 1. The molecule has 1 aromatic heterocycles. The van der Waals surface area contributed by atoms with Gasteiger partial charge in [0.05, 0.1) is 0 Å². The van der Waals surface area contributed by atoms with E-state index in [1.165, 1.54) is 0 Å². The van der Waals surface area contributed by atoms with Gasteiger partial charge in [-0.25, -0.2) is 0 Å². The number of nitrogen functional groups attached to an aromatic ring is 1. The average molecular weight is 282 g/mol. The number of rotatable bonds is 5. The third kappa shape index (κ3) is 3.13. The molecule has 0 atom stereocenters. The van der Waals surface area contributed by atoms with Crippen molar-refractivity contribution in [3.8, 4) is 0 Å². The first-order valence-electron chi connectivity index (χ1n) is 7.00. The van der Waals surface area contributed by atoms with Crippen LogP contribution < -0.4 is 16.4 Å². The smallest absolute Gasteiger partial charge is 0.267 e. The molecule has 1 fully saturated rings. The number of nitrogens with zero attached hydrogens (tertiary/aromatic N) is 2. The van der Waals surface area contributed by atoms with Crippen LogP contribution in [0.1, 0.15) is 28.9 Å². The zero-order chi connectivity index (χ0) is 14.8. The second kappa shape index (κ2) is 5.44. The Labute approximate surface area is 123 Å². The van der Waals surface area contributed by atoms with Gasteiger partial charge in [0.15, 0.2) is 0 Å². The Balaban J connectivity index is 1.88. The fourth-order valence-corrected chi connectivity index (χ4v) is 2.44. The van der Waals surface area contributed by atoms with Gasteiger partial charge in [0.2, 0.25) is 0 Å². The predicted octanol–water partition coefficient (Wildman–Crippen LogP) is 1.93. The van der Waals surface area contributed by atoms with Crippen LogP contribution >= 0.6 is 0 Å². The van der Waals surface area contributed by atoms with Crippen molar-refractivity contribution in [2.75, 3.05) is 10.6 Å². The Bertz CT molecular complexity index is 667. The molecule has 1 saturated carbocycles. The maximum absolute atomic E-state index is 11.3. The van der Waals surface area contributed by atoms with E-state index in [0.29, 0.717) is 11.7 Å². The van der Waals surface area contributed by atoms with Crippen molar-refractivity contribution in [2.45, 2.75) is 25.4 Å². The number of hydrogen-bond acceptors (Lipinski definition) is 4. The quantitative estimate of drug-likeness (QED) is 0.821. The molecule has 2 aromatic rings. The molecule has 5 nitrogen and oxygen atoms in total. The first-order chi connectivity index (χ1) is 10.1. The number of benzene rings is 1.